The summed E-state index contributed by atoms with van der Waals surface area (Å²) in [6.45, 7) is 9.83. The molecule has 0 bridgehead atoms. The largest absolute Gasteiger partial charge is 0.494 e. The zero-order valence-corrected chi connectivity index (χ0v) is 37.1. The molecule has 0 aliphatic heterocycles. The Kier molecular flexibility index (Phi) is 17.4. The number of aryl methyl sites for hydroxylation is 2. The maximum absolute atomic E-state index is 13.6. The summed E-state index contributed by atoms with van der Waals surface area (Å²) in [6, 6.07) is 42.1. The third kappa shape index (κ3) is 12.9. The fraction of sp³-hybridized carbons (Fsp3) is 0.321. The van der Waals surface area contributed by atoms with Crippen molar-refractivity contribution in [3.63, 3.8) is 0 Å². The van der Waals surface area contributed by atoms with Gasteiger partial charge < -0.3 is 18.9 Å². The van der Waals surface area contributed by atoms with Gasteiger partial charge in [0.05, 0.1) is 24.3 Å². The molecule has 6 rings (SSSR count). The van der Waals surface area contributed by atoms with Gasteiger partial charge in [0.15, 0.2) is 0 Å². The van der Waals surface area contributed by atoms with Crippen LogP contribution in [0.3, 0.4) is 0 Å². The second-order valence-corrected chi connectivity index (χ2v) is 16.1. The first-order valence-corrected chi connectivity index (χ1v) is 22.6. The van der Waals surface area contributed by atoms with Crippen LogP contribution in [-0.4, -0.2) is 25.2 Å². The van der Waals surface area contributed by atoms with Gasteiger partial charge in [0.1, 0.15) is 23.0 Å². The molecular formula is C56H62O6. The van der Waals surface area contributed by atoms with E-state index < -0.39 is 11.9 Å². The van der Waals surface area contributed by atoms with Crippen molar-refractivity contribution in [2.45, 2.75) is 105 Å². The Balaban J connectivity index is 1.07. The van der Waals surface area contributed by atoms with Crippen LogP contribution in [0.2, 0.25) is 0 Å². The molecule has 0 unspecified atom stereocenters. The van der Waals surface area contributed by atoms with E-state index >= 15 is 0 Å². The smallest absolute Gasteiger partial charge is 0.343 e. The zero-order valence-electron chi connectivity index (χ0n) is 37.1. The van der Waals surface area contributed by atoms with E-state index in [1.165, 1.54) is 64.2 Å². The number of carbonyl (C=O) groups excluding carboxylic acids is 2. The normalized spacial score (nSPS) is 11.0. The molecule has 322 valence electrons. The van der Waals surface area contributed by atoms with Crippen LogP contribution in [0.4, 0.5) is 0 Å². The van der Waals surface area contributed by atoms with Crippen molar-refractivity contribution >= 4 is 11.9 Å². The molecule has 0 aliphatic rings. The van der Waals surface area contributed by atoms with E-state index in [1.807, 2.05) is 111 Å². The van der Waals surface area contributed by atoms with E-state index in [0.717, 1.165) is 70.9 Å². The van der Waals surface area contributed by atoms with Gasteiger partial charge in [-0.2, -0.15) is 0 Å². The SMILES string of the molecule is CCCCCCCCOc1ccc(-c2ccc(C(=O)Oc3cccc(C)c3-c3c(C)cccc3OC(=O)c3ccc(-c4ccc(OCCCCCCCC)cc4)cc3)cc2)cc1. The van der Waals surface area contributed by atoms with Gasteiger partial charge in [0.2, 0.25) is 0 Å². The third-order valence-corrected chi connectivity index (χ3v) is 11.3. The fourth-order valence-electron chi connectivity index (χ4n) is 7.64. The Morgan fingerprint density at radius 3 is 1.06 bits per heavy atom. The predicted molar refractivity (Wildman–Crippen MR) is 253 cm³/mol. The summed E-state index contributed by atoms with van der Waals surface area (Å²) >= 11 is 0. The summed E-state index contributed by atoms with van der Waals surface area (Å²) in [5.41, 5.74) is 8.01. The molecule has 0 atom stereocenters. The molecule has 0 radical (unpaired) electrons. The van der Waals surface area contributed by atoms with Gasteiger partial charge in [0.25, 0.3) is 0 Å². The van der Waals surface area contributed by atoms with Gasteiger partial charge in [-0.25, -0.2) is 9.59 Å². The summed E-state index contributed by atoms with van der Waals surface area (Å²) < 4.78 is 24.1. The molecule has 6 aromatic rings. The van der Waals surface area contributed by atoms with Crippen molar-refractivity contribution < 1.29 is 28.5 Å². The van der Waals surface area contributed by atoms with Crippen LogP contribution >= 0.6 is 0 Å². The number of carbonyl (C=O) groups is 2. The van der Waals surface area contributed by atoms with Crippen molar-refractivity contribution in [1.29, 1.82) is 0 Å². The number of benzene rings is 6. The highest BCUT2D eigenvalue weighted by Gasteiger charge is 2.22. The highest BCUT2D eigenvalue weighted by molar-refractivity contribution is 5.95. The average molecular weight is 831 g/mol. The zero-order chi connectivity index (χ0) is 43.5. The van der Waals surface area contributed by atoms with Crippen molar-refractivity contribution in [1.82, 2.24) is 0 Å². The number of unbranched alkanes of at least 4 members (excludes halogenated alkanes) is 10. The molecule has 0 N–H and O–H groups in total. The Labute approximate surface area is 369 Å². The molecular weight excluding hydrogens is 769 g/mol. The Hall–Kier alpha value is -6.14. The molecule has 6 heteroatoms. The first kappa shape index (κ1) is 45.4. The first-order valence-electron chi connectivity index (χ1n) is 22.6. The lowest BCUT2D eigenvalue weighted by Crippen LogP contribution is -2.11. The molecule has 0 fully saturated rings. The molecule has 0 amide bonds. The van der Waals surface area contributed by atoms with Crippen molar-refractivity contribution in [3.05, 3.63) is 156 Å². The van der Waals surface area contributed by atoms with Crippen molar-refractivity contribution in [2.24, 2.45) is 0 Å². The Bertz CT molecular complexity index is 2140. The van der Waals surface area contributed by atoms with Gasteiger partial charge >= 0.3 is 11.9 Å². The highest BCUT2D eigenvalue weighted by atomic mass is 16.5. The maximum Gasteiger partial charge on any atom is 0.343 e. The monoisotopic (exact) mass is 830 g/mol. The van der Waals surface area contributed by atoms with E-state index in [1.54, 1.807) is 36.4 Å². The lowest BCUT2D eigenvalue weighted by Gasteiger charge is -2.18. The Morgan fingerprint density at radius 2 is 0.710 bits per heavy atom. The van der Waals surface area contributed by atoms with Crippen LogP contribution in [0.15, 0.2) is 133 Å². The molecule has 6 aromatic carbocycles. The van der Waals surface area contributed by atoms with Gasteiger partial charge in [-0.15, -0.1) is 0 Å². The standard InChI is InChI=1S/C56H62O6/c1-5-7-9-11-13-15-39-59-49-35-31-45(32-36-49)43-23-27-47(28-24-43)55(57)61-51-21-17-19-41(3)53(51)54-42(4)20-18-22-52(54)62-56(58)48-29-25-44(26-30-48)46-33-37-50(38-34-46)60-40-16-14-12-10-8-6-2/h17-38H,5-16,39-40H2,1-4H3. The lowest BCUT2D eigenvalue weighted by molar-refractivity contribution is 0.0723. The number of ether oxygens (including phenoxy) is 4. The summed E-state index contributed by atoms with van der Waals surface area (Å²) in [6.07, 6.45) is 14.8. The summed E-state index contributed by atoms with van der Waals surface area (Å²) in [7, 11) is 0. The molecule has 0 spiro atoms. The Morgan fingerprint density at radius 1 is 0.387 bits per heavy atom. The van der Waals surface area contributed by atoms with E-state index in [4.69, 9.17) is 18.9 Å². The van der Waals surface area contributed by atoms with Gasteiger partial charge in [-0.3, -0.25) is 0 Å². The van der Waals surface area contributed by atoms with E-state index in [9.17, 15) is 9.59 Å². The van der Waals surface area contributed by atoms with Crippen LogP contribution in [0.1, 0.15) is 123 Å². The molecule has 0 saturated heterocycles. The second kappa shape index (κ2) is 23.7. The quantitative estimate of drug-likeness (QED) is 0.0364. The summed E-state index contributed by atoms with van der Waals surface area (Å²) in [5, 5.41) is 0. The van der Waals surface area contributed by atoms with Gasteiger partial charge in [-0.05, 0) is 121 Å². The summed E-state index contributed by atoms with van der Waals surface area (Å²) in [5.74, 6) is 1.52. The lowest BCUT2D eigenvalue weighted by atomic mass is 9.94. The molecule has 0 aromatic heterocycles. The molecule has 0 heterocycles. The molecule has 6 nitrogen and oxygen atoms in total. The van der Waals surface area contributed by atoms with Crippen molar-refractivity contribution in [3.8, 4) is 56.4 Å². The molecule has 0 saturated carbocycles. The van der Waals surface area contributed by atoms with Gasteiger partial charge in [-0.1, -0.05) is 151 Å². The summed E-state index contributed by atoms with van der Waals surface area (Å²) in [4.78, 5) is 27.3. The maximum atomic E-state index is 13.6. The molecule has 0 aliphatic carbocycles. The van der Waals surface area contributed by atoms with E-state index in [2.05, 4.69) is 13.8 Å². The number of rotatable bonds is 23. The molecule has 62 heavy (non-hydrogen) atoms. The van der Waals surface area contributed by atoms with E-state index in [0.29, 0.717) is 33.8 Å². The number of esters is 2. The van der Waals surface area contributed by atoms with Crippen molar-refractivity contribution in [2.75, 3.05) is 13.2 Å². The predicted octanol–water partition coefficient (Wildman–Crippen LogP) is 15.2. The second-order valence-electron chi connectivity index (χ2n) is 16.1. The van der Waals surface area contributed by atoms with Crippen LogP contribution in [0.25, 0.3) is 33.4 Å². The minimum atomic E-state index is -0.482. The fourth-order valence-corrected chi connectivity index (χ4v) is 7.64. The minimum absolute atomic E-state index is 0.380. The van der Waals surface area contributed by atoms with E-state index in [-0.39, 0.29) is 0 Å². The van der Waals surface area contributed by atoms with Crippen LogP contribution < -0.4 is 18.9 Å². The minimum Gasteiger partial charge on any atom is -0.494 e. The topological polar surface area (TPSA) is 71.1 Å². The first-order chi connectivity index (χ1) is 30.3. The number of hydrogen-bond donors (Lipinski definition) is 0. The third-order valence-electron chi connectivity index (χ3n) is 11.3. The number of hydrogen-bond acceptors (Lipinski definition) is 6. The van der Waals surface area contributed by atoms with Crippen LogP contribution in [0, 0.1) is 13.8 Å². The van der Waals surface area contributed by atoms with Crippen LogP contribution in [0.5, 0.6) is 23.0 Å². The van der Waals surface area contributed by atoms with Crippen LogP contribution in [-0.2, 0) is 0 Å². The average Bonchev–Trinajstić information content (AvgIpc) is 3.29. The van der Waals surface area contributed by atoms with Gasteiger partial charge in [0, 0.05) is 11.1 Å². The highest BCUT2D eigenvalue weighted by Crippen LogP contribution is 2.42.